The van der Waals surface area contributed by atoms with Crippen molar-refractivity contribution in [3.8, 4) is 0 Å². The van der Waals surface area contributed by atoms with Gasteiger partial charge in [-0.15, -0.1) is 0 Å². The molecule has 1 heterocycles. The Hall–Kier alpha value is -1.85. The molecule has 0 aliphatic carbocycles. The SMILES string of the molecule is Cn1cc(C(N)C(=O)NCc2ccc(Cl)cc2)cn1. The number of amides is 1. The molecule has 1 aromatic carbocycles. The fraction of sp³-hybridized carbons (Fsp3) is 0.231. The van der Waals surface area contributed by atoms with Crippen molar-refractivity contribution in [2.45, 2.75) is 12.6 Å². The molecule has 0 bridgehead atoms. The Morgan fingerprint density at radius 1 is 1.47 bits per heavy atom. The van der Waals surface area contributed by atoms with Crippen LogP contribution in [0.5, 0.6) is 0 Å². The molecule has 3 N–H and O–H groups in total. The second-order valence-electron chi connectivity index (χ2n) is 4.27. The molecule has 1 amide bonds. The lowest BCUT2D eigenvalue weighted by Crippen LogP contribution is -2.33. The molecule has 0 saturated carbocycles. The molecular formula is C13H15ClN4O. The van der Waals surface area contributed by atoms with E-state index in [2.05, 4.69) is 10.4 Å². The summed E-state index contributed by atoms with van der Waals surface area (Å²) >= 11 is 5.79. The molecule has 2 aromatic rings. The molecule has 0 saturated heterocycles. The number of aryl methyl sites for hydroxylation is 1. The van der Waals surface area contributed by atoms with Crippen molar-refractivity contribution >= 4 is 17.5 Å². The normalized spacial score (nSPS) is 12.2. The summed E-state index contributed by atoms with van der Waals surface area (Å²) in [4.78, 5) is 11.9. The maximum atomic E-state index is 11.9. The van der Waals surface area contributed by atoms with Crippen LogP contribution in [0.2, 0.25) is 5.02 Å². The van der Waals surface area contributed by atoms with Crippen LogP contribution in [0.1, 0.15) is 17.2 Å². The molecule has 6 heteroatoms. The van der Waals surface area contributed by atoms with Crippen LogP contribution in [0.4, 0.5) is 0 Å². The first-order valence-corrected chi connectivity index (χ1v) is 6.20. The van der Waals surface area contributed by atoms with Gasteiger partial charge >= 0.3 is 0 Å². The van der Waals surface area contributed by atoms with Crippen LogP contribution < -0.4 is 11.1 Å². The van der Waals surface area contributed by atoms with Crippen molar-refractivity contribution in [1.82, 2.24) is 15.1 Å². The van der Waals surface area contributed by atoms with E-state index in [0.717, 1.165) is 5.56 Å². The van der Waals surface area contributed by atoms with Gasteiger partial charge in [-0.25, -0.2) is 0 Å². The molecular weight excluding hydrogens is 264 g/mol. The largest absolute Gasteiger partial charge is 0.350 e. The average Bonchev–Trinajstić information content (AvgIpc) is 2.83. The first-order valence-electron chi connectivity index (χ1n) is 5.82. The molecule has 1 aromatic heterocycles. The zero-order valence-corrected chi connectivity index (χ0v) is 11.3. The number of carbonyl (C=O) groups excluding carboxylic acids is 1. The number of hydrogen-bond donors (Lipinski definition) is 2. The lowest BCUT2D eigenvalue weighted by molar-refractivity contribution is -0.122. The quantitative estimate of drug-likeness (QED) is 0.888. The maximum absolute atomic E-state index is 11.9. The van der Waals surface area contributed by atoms with E-state index in [1.54, 1.807) is 36.3 Å². The fourth-order valence-corrected chi connectivity index (χ4v) is 1.78. The number of hydrogen-bond acceptors (Lipinski definition) is 3. The van der Waals surface area contributed by atoms with Crippen LogP contribution in [0.25, 0.3) is 0 Å². The van der Waals surface area contributed by atoms with E-state index in [1.807, 2.05) is 12.1 Å². The van der Waals surface area contributed by atoms with Gasteiger partial charge in [0.1, 0.15) is 6.04 Å². The summed E-state index contributed by atoms with van der Waals surface area (Å²) in [5, 5.41) is 7.44. The highest BCUT2D eigenvalue weighted by atomic mass is 35.5. The number of halogens is 1. The lowest BCUT2D eigenvalue weighted by atomic mass is 10.1. The van der Waals surface area contributed by atoms with Gasteiger partial charge in [-0.3, -0.25) is 9.48 Å². The van der Waals surface area contributed by atoms with Crippen LogP contribution >= 0.6 is 11.6 Å². The Kier molecular flexibility index (Phi) is 4.19. The van der Waals surface area contributed by atoms with Crippen molar-refractivity contribution in [2.75, 3.05) is 0 Å². The number of nitrogens with one attached hydrogen (secondary N) is 1. The number of rotatable bonds is 4. The monoisotopic (exact) mass is 278 g/mol. The maximum Gasteiger partial charge on any atom is 0.241 e. The van der Waals surface area contributed by atoms with Crippen molar-refractivity contribution < 1.29 is 4.79 Å². The van der Waals surface area contributed by atoms with Gasteiger partial charge in [0.2, 0.25) is 5.91 Å². The second kappa shape index (κ2) is 5.86. The standard InChI is InChI=1S/C13H15ClN4O/c1-18-8-10(7-17-18)12(15)13(19)16-6-9-2-4-11(14)5-3-9/h2-5,7-8,12H,6,15H2,1H3,(H,16,19). The van der Waals surface area contributed by atoms with Gasteiger partial charge in [-0.2, -0.15) is 5.10 Å². The van der Waals surface area contributed by atoms with E-state index in [9.17, 15) is 4.79 Å². The summed E-state index contributed by atoms with van der Waals surface area (Å²) in [6, 6.07) is 6.57. The third-order valence-electron chi connectivity index (χ3n) is 2.75. The summed E-state index contributed by atoms with van der Waals surface area (Å²) in [6.07, 6.45) is 3.32. The first-order chi connectivity index (χ1) is 9.06. The molecule has 1 unspecified atom stereocenters. The Bertz CT molecular complexity index is 564. The van der Waals surface area contributed by atoms with Crippen molar-refractivity contribution in [1.29, 1.82) is 0 Å². The van der Waals surface area contributed by atoms with E-state index in [-0.39, 0.29) is 5.91 Å². The topological polar surface area (TPSA) is 72.9 Å². The van der Waals surface area contributed by atoms with Gasteiger partial charge in [0.25, 0.3) is 0 Å². The van der Waals surface area contributed by atoms with Gasteiger partial charge in [0, 0.05) is 30.4 Å². The number of nitrogens with zero attached hydrogens (tertiary/aromatic N) is 2. The zero-order valence-electron chi connectivity index (χ0n) is 10.5. The number of benzene rings is 1. The van der Waals surface area contributed by atoms with Gasteiger partial charge < -0.3 is 11.1 Å². The highest BCUT2D eigenvalue weighted by molar-refractivity contribution is 6.30. The molecule has 19 heavy (non-hydrogen) atoms. The molecule has 100 valence electrons. The van der Waals surface area contributed by atoms with Crippen molar-refractivity contribution in [3.05, 3.63) is 52.8 Å². The van der Waals surface area contributed by atoms with E-state index in [4.69, 9.17) is 17.3 Å². The highest BCUT2D eigenvalue weighted by Crippen LogP contribution is 2.11. The van der Waals surface area contributed by atoms with E-state index >= 15 is 0 Å². The summed E-state index contributed by atoms with van der Waals surface area (Å²) in [5.41, 5.74) is 7.51. The minimum Gasteiger partial charge on any atom is -0.350 e. The van der Waals surface area contributed by atoms with Gasteiger partial charge in [0.15, 0.2) is 0 Å². The number of nitrogens with two attached hydrogens (primary N) is 1. The molecule has 0 radical (unpaired) electrons. The first kappa shape index (κ1) is 13.6. The van der Waals surface area contributed by atoms with Crippen molar-refractivity contribution in [3.63, 3.8) is 0 Å². The van der Waals surface area contributed by atoms with Crippen molar-refractivity contribution in [2.24, 2.45) is 12.8 Å². The van der Waals surface area contributed by atoms with E-state index in [1.165, 1.54) is 0 Å². The van der Waals surface area contributed by atoms with Crippen LogP contribution in [0.15, 0.2) is 36.7 Å². The molecule has 1 atom stereocenters. The number of carbonyl (C=O) groups is 1. The Balaban J connectivity index is 1.92. The van der Waals surface area contributed by atoms with E-state index in [0.29, 0.717) is 17.1 Å². The predicted molar refractivity (Wildman–Crippen MR) is 73.4 cm³/mol. The second-order valence-corrected chi connectivity index (χ2v) is 4.71. The van der Waals surface area contributed by atoms with Crippen LogP contribution in [0.3, 0.4) is 0 Å². The fourth-order valence-electron chi connectivity index (χ4n) is 1.65. The van der Waals surface area contributed by atoms with Gasteiger partial charge in [0.05, 0.1) is 6.20 Å². The molecule has 0 aliphatic rings. The smallest absolute Gasteiger partial charge is 0.241 e. The summed E-state index contributed by atoms with van der Waals surface area (Å²) in [6.45, 7) is 0.421. The third kappa shape index (κ3) is 3.56. The van der Waals surface area contributed by atoms with Crippen LogP contribution in [-0.4, -0.2) is 15.7 Å². The Morgan fingerprint density at radius 2 is 2.16 bits per heavy atom. The molecule has 5 nitrogen and oxygen atoms in total. The third-order valence-corrected chi connectivity index (χ3v) is 3.00. The Labute approximate surface area is 116 Å². The summed E-state index contributed by atoms with van der Waals surface area (Å²) in [7, 11) is 1.78. The molecule has 0 aliphatic heterocycles. The van der Waals surface area contributed by atoms with Gasteiger partial charge in [-0.1, -0.05) is 23.7 Å². The minimum atomic E-state index is -0.707. The molecule has 0 fully saturated rings. The van der Waals surface area contributed by atoms with Gasteiger partial charge in [-0.05, 0) is 17.7 Å². The van der Waals surface area contributed by atoms with E-state index < -0.39 is 6.04 Å². The van der Waals surface area contributed by atoms with Crippen LogP contribution in [-0.2, 0) is 18.4 Å². The highest BCUT2D eigenvalue weighted by Gasteiger charge is 2.16. The summed E-state index contributed by atoms with van der Waals surface area (Å²) in [5.74, 6) is -0.233. The molecule has 2 rings (SSSR count). The van der Waals surface area contributed by atoms with Crippen LogP contribution in [0, 0.1) is 0 Å². The lowest BCUT2D eigenvalue weighted by Gasteiger charge is -2.10. The zero-order chi connectivity index (χ0) is 13.8. The number of aromatic nitrogens is 2. The molecule has 0 spiro atoms. The Morgan fingerprint density at radius 3 is 2.74 bits per heavy atom. The minimum absolute atomic E-state index is 0.233. The predicted octanol–water partition coefficient (Wildman–Crippen LogP) is 1.39. The average molecular weight is 279 g/mol. The summed E-state index contributed by atoms with van der Waals surface area (Å²) < 4.78 is 1.61.